The molecule has 2 fully saturated rings. The van der Waals surface area contributed by atoms with Crippen molar-refractivity contribution >= 4 is 61.1 Å². The van der Waals surface area contributed by atoms with Gasteiger partial charge in [0.1, 0.15) is 10.6 Å². The third kappa shape index (κ3) is 4.88. The van der Waals surface area contributed by atoms with Crippen LogP contribution in [0.15, 0.2) is 44.6 Å². The number of amides is 1. The van der Waals surface area contributed by atoms with Gasteiger partial charge in [0.05, 0.1) is 31.8 Å². The summed E-state index contributed by atoms with van der Waals surface area (Å²) in [4.78, 5) is 12.7. The van der Waals surface area contributed by atoms with Crippen LogP contribution in [-0.2, 0) is 0 Å². The van der Waals surface area contributed by atoms with Crippen LogP contribution >= 0.6 is 55.2 Å². The summed E-state index contributed by atoms with van der Waals surface area (Å²) in [7, 11) is 0. The molecule has 0 unspecified atom stereocenters. The summed E-state index contributed by atoms with van der Waals surface area (Å²) < 4.78 is 43.7. The minimum absolute atomic E-state index is 0.0502. The Hall–Kier alpha value is -1.94. The van der Waals surface area contributed by atoms with Gasteiger partial charge in [0.2, 0.25) is 0 Å². The Bertz CT molecular complexity index is 1390. The lowest BCUT2D eigenvalue weighted by Gasteiger charge is -2.13. The van der Waals surface area contributed by atoms with Crippen LogP contribution in [0.3, 0.4) is 0 Å². The lowest BCUT2D eigenvalue weighted by Crippen LogP contribution is -2.35. The molecule has 3 aromatic rings. The molecule has 0 radical (unpaired) electrons. The van der Waals surface area contributed by atoms with E-state index >= 15 is 0 Å². The molecule has 182 valence electrons. The first-order valence-corrected chi connectivity index (χ1v) is 13.2. The van der Waals surface area contributed by atoms with Gasteiger partial charge in [0, 0.05) is 29.6 Å². The monoisotopic (exact) mass is 647 g/mol. The minimum Gasteiger partial charge on any atom is -0.334 e. The van der Waals surface area contributed by atoms with Crippen molar-refractivity contribution in [2.75, 3.05) is 0 Å². The molecule has 0 spiro atoms. The van der Waals surface area contributed by atoms with Crippen LogP contribution in [0.5, 0.6) is 0 Å². The maximum atomic E-state index is 13.2. The van der Waals surface area contributed by atoms with Crippen molar-refractivity contribution in [3.05, 3.63) is 50.1 Å². The standard InChI is InChI=1S/C22H15Br2ClF3N5OS/c23-16-17(24)20(35-22(26,27)28)33(13-2-3-13)19(16)32-9-12(8-30-32)11-1-4-15(25)14(7-11)18(34)31-21(10-29)5-6-21/h1,4,7-9,13H,2-3,5-6H2,(H,31,34). The lowest BCUT2D eigenvalue weighted by molar-refractivity contribution is -0.0331. The smallest absolute Gasteiger partial charge is 0.334 e. The predicted molar refractivity (Wildman–Crippen MR) is 133 cm³/mol. The molecule has 2 aromatic heterocycles. The van der Waals surface area contributed by atoms with E-state index in [1.807, 2.05) is 0 Å². The van der Waals surface area contributed by atoms with Crippen LogP contribution in [0.1, 0.15) is 42.1 Å². The molecular formula is C22H15Br2ClF3N5OS. The van der Waals surface area contributed by atoms with E-state index in [2.05, 4.69) is 48.3 Å². The van der Waals surface area contributed by atoms with Crippen LogP contribution in [-0.4, -0.2) is 31.3 Å². The normalized spacial score (nSPS) is 16.7. The summed E-state index contributed by atoms with van der Waals surface area (Å²) in [5.74, 6) is 0.0420. The van der Waals surface area contributed by atoms with Gasteiger partial charge in [-0.15, -0.1) is 0 Å². The average Bonchev–Trinajstić information content (AvgIpc) is 3.72. The highest BCUT2D eigenvalue weighted by atomic mass is 79.9. The second kappa shape index (κ2) is 8.87. The molecule has 13 heteroatoms. The molecule has 5 rings (SSSR count). The molecule has 1 aromatic carbocycles. The SMILES string of the molecule is N#CC1(NC(=O)c2cc(-c3cnn(-c4c(Br)c(Br)c(SC(F)(F)F)n4C4CC4)c3)ccc2Cl)CC1. The van der Waals surface area contributed by atoms with Crippen molar-refractivity contribution in [1.82, 2.24) is 19.7 Å². The van der Waals surface area contributed by atoms with Crippen molar-refractivity contribution in [2.45, 2.75) is 47.8 Å². The van der Waals surface area contributed by atoms with E-state index in [4.69, 9.17) is 11.6 Å². The van der Waals surface area contributed by atoms with E-state index in [9.17, 15) is 23.2 Å². The highest BCUT2D eigenvalue weighted by Gasteiger charge is 2.45. The Balaban J connectivity index is 1.50. The molecule has 1 N–H and O–H groups in total. The van der Waals surface area contributed by atoms with E-state index < -0.39 is 17.0 Å². The van der Waals surface area contributed by atoms with Gasteiger partial charge in [-0.1, -0.05) is 17.7 Å². The molecular weight excluding hydrogens is 635 g/mol. The number of nitrogens with one attached hydrogen (secondary N) is 1. The quantitative estimate of drug-likeness (QED) is 0.286. The number of alkyl halides is 3. The van der Waals surface area contributed by atoms with E-state index in [0.717, 1.165) is 12.8 Å². The van der Waals surface area contributed by atoms with E-state index in [0.29, 0.717) is 38.7 Å². The molecule has 2 heterocycles. The van der Waals surface area contributed by atoms with Crippen molar-refractivity contribution in [3.8, 4) is 23.0 Å². The Labute approximate surface area is 224 Å². The van der Waals surface area contributed by atoms with Gasteiger partial charge in [-0.25, -0.2) is 4.68 Å². The molecule has 2 saturated carbocycles. The van der Waals surface area contributed by atoms with Gasteiger partial charge in [-0.05, 0) is 75.2 Å². The van der Waals surface area contributed by atoms with Crippen LogP contribution in [0.4, 0.5) is 13.2 Å². The Morgan fingerprint density at radius 3 is 2.57 bits per heavy atom. The summed E-state index contributed by atoms with van der Waals surface area (Å²) in [6.07, 6.45) is 6.01. The van der Waals surface area contributed by atoms with Gasteiger partial charge in [0.15, 0.2) is 5.82 Å². The number of hydrogen-bond acceptors (Lipinski definition) is 4. The lowest BCUT2D eigenvalue weighted by atomic mass is 10.1. The Morgan fingerprint density at radius 1 is 1.26 bits per heavy atom. The zero-order chi connectivity index (χ0) is 25.1. The molecule has 1 amide bonds. The first kappa shape index (κ1) is 24.7. The van der Waals surface area contributed by atoms with Crippen molar-refractivity contribution in [2.24, 2.45) is 0 Å². The predicted octanol–water partition coefficient (Wildman–Crippen LogP) is 7.25. The van der Waals surface area contributed by atoms with Crippen molar-refractivity contribution < 1.29 is 18.0 Å². The van der Waals surface area contributed by atoms with Crippen LogP contribution in [0.2, 0.25) is 5.02 Å². The molecule has 0 saturated heterocycles. The fourth-order valence-corrected chi connectivity index (χ4v) is 5.98. The fourth-order valence-electron chi connectivity index (χ4n) is 3.73. The molecule has 0 aliphatic heterocycles. The third-order valence-electron chi connectivity index (χ3n) is 5.81. The average molecular weight is 650 g/mol. The largest absolute Gasteiger partial charge is 0.447 e. The maximum Gasteiger partial charge on any atom is 0.447 e. The minimum atomic E-state index is -4.44. The van der Waals surface area contributed by atoms with Crippen LogP contribution in [0, 0.1) is 11.3 Å². The summed E-state index contributed by atoms with van der Waals surface area (Å²) in [6.45, 7) is 0. The first-order chi connectivity index (χ1) is 16.5. The van der Waals surface area contributed by atoms with Crippen molar-refractivity contribution in [3.63, 3.8) is 0 Å². The number of benzene rings is 1. The Kier molecular flexibility index (Phi) is 6.27. The summed E-state index contributed by atoms with van der Waals surface area (Å²) in [6, 6.07) is 7.00. The van der Waals surface area contributed by atoms with E-state index in [1.165, 1.54) is 4.68 Å². The molecule has 2 aliphatic rings. The van der Waals surface area contributed by atoms with Gasteiger partial charge in [-0.2, -0.15) is 23.5 Å². The molecule has 6 nitrogen and oxygen atoms in total. The number of carbonyl (C=O) groups is 1. The highest BCUT2D eigenvalue weighted by molar-refractivity contribution is 9.13. The molecule has 35 heavy (non-hydrogen) atoms. The number of halogens is 6. The number of thioether (sulfide) groups is 1. The Morgan fingerprint density at radius 2 is 1.97 bits per heavy atom. The summed E-state index contributed by atoms with van der Waals surface area (Å²) >= 11 is 12.8. The molecule has 0 atom stereocenters. The zero-order valence-corrected chi connectivity index (χ0v) is 22.4. The summed E-state index contributed by atoms with van der Waals surface area (Å²) in [5, 5.41) is 16.7. The number of aromatic nitrogens is 3. The van der Waals surface area contributed by atoms with Crippen LogP contribution in [0.25, 0.3) is 16.9 Å². The number of hydrogen-bond donors (Lipinski definition) is 1. The second-order valence-electron chi connectivity index (χ2n) is 8.42. The first-order valence-electron chi connectivity index (χ1n) is 10.5. The van der Waals surface area contributed by atoms with E-state index in [-0.39, 0.29) is 33.4 Å². The number of rotatable bonds is 6. The second-order valence-corrected chi connectivity index (χ2v) is 11.5. The van der Waals surface area contributed by atoms with Gasteiger partial charge < -0.3 is 9.88 Å². The number of nitrogens with zero attached hydrogens (tertiary/aromatic N) is 4. The van der Waals surface area contributed by atoms with Crippen LogP contribution < -0.4 is 5.32 Å². The molecule has 0 bridgehead atoms. The van der Waals surface area contributed by atoms with Gasteiger partial charge in [-0.3, -0.25) is 4.79 Å². The summed E-state index contributed by atoms with van der Waals surface area (Å²) in [5.41, 5.74) is -3.75. The third-order valence-corrected chi connectivity index (χ3v) is 9.28. The molecule has 2 aliphatic carbocycles. The highest BCUT2D eigenvalue weighted by Crippen LogP contribution is 2.51. The number of nitriles is 1. The van der Waals surface area contributed by atoms with Gasteiger partial charge in [0.25, 0.3) is 5.91 Å². The van der Waals surface area contributed by atoms with Gasteiger partial charge >= 0.3 is 5.51 Å². The fraction of sp³-hybridized carbons (Fsp3) is 0.318. The topological polar surface area (TPSA) is 75.6 Å². The van der Waals surface area contributed by atoms with Crippen molar-refractivity contribution in [1.29, 1.82) is 5.26 Å². The number of carbonyl (C=O) groups excluding carboxylic acids is 1. The maximum absolute atomic E-state index is 13.2. The zero-order valence-electron chi connectivity index (χ0n) is 17.7. The van der Waals surface area contributed by atoms with E-state index in [1.54, 1.807) is 35.2 Å².